The van der Waals surface area contributed by atoms with Crippen molar-refractivity contribution in [2.45, 2.75) is 32.2 Å². The van der Waals surface area contributed by atoms with Crippen LogP contribution in [0.4, 0.5) is 18.9 Å². The smallest absolute Gasteiger partial charge is 0.398 e. The molecular formula is C14H17F3N2O2. The molecule has 0 aromatic heterocycles. The number of carbonyl (C=O) groups excluding carboxylic acids is 1. The molecule has 1 aliphatic rings. The lowest BCUT2D eigenvalue weighted by Gasteiger charge is -2.35. The molecule has 1 amide bonds. The van der Waals surface area contributed by atoms with Gasteiger partial charge in [-0.25, -0.2) is 0 Å². The summed E-state index contributed by atoms with van der Waals surface area (Å²) in [5, 5.41) is 0. The lowest BCUT2D eigenvalue weighted by Crippen LogP contribution is -2.48. The summed E-state index contributed by atoms with van der Waals surface area (Å²) in [6.45, 7) is 4.29. The van der Waals surface area contributed by atoms with E-state index in [4.69, 9.17) is 10.5 Å². The Labute approximate surface area is 120 Å². The van der Waals surface area contributed by atoms with Gasteiger partial charge in [-0.2, -0.15) is 13.2 Å². The number of alkyl halides is 3. The lowest BCUT2D eigenvalue weighted by molar-refractivity contribution is -0.137. The number of nitrogens with zero attached hydrogens (tertiary/aromatic N) is 1. The van der Waals surface area contributed by atoms with Crippen LogP contribution >= 0.6 is 0 Å². The highest BCUT2D eigenvalue weighted by Gasteiger charge is 2.33. The third kappa shape index (κ3) is 3.47. The van der Waals surface area contributed by atoms with Gasteiger partial charge in [-0.05, 0) is 32.0 Å². The van der Waals surface area contributed by atoms with Gasteiger partial charge in [0, 0.05) is 18.8 Å². The summed E-state index contributed by atoms with van der Waals surface area (Å²) < 4.78 is 43.7. The normalized spacial score (nSPS) is 23.2. The first-order valence-electron chi connectivity index (χ1n) is 6.60. The second kappa shape index (κ2) is 5.55. The zero-order valence-electron chi connectivity index (χ0n) is 11.8. The minimum atomic E-state index is -4.51. The largest absolute Gasteiger partial charge is 0.416 e. The third-order valence-corrected chi connectivity index (χ3v) is 3.32. The van der Waals surface area contributed by atoms with Crippen LogP contribution in [0.5, 0.6) is 0 Å². The fraction of sp³-hybridized carbons (Fsp3) is 0.500. The molecule has 1 heterocycles. The van der Waals surface area contributed by atoms with E-state index in [0.717, 1.165) is 18.2 Å². The summed E-state index contributed by atoms with van der Waals surface area (Å²) in [7, 11) is 0. The molecule has 1 saturated heterocycles. The summed E-state index contributed by atoms with van der Waals surface area (Å²) >= 11 is 0. The molecule has 1 fully saturated rings. The fourth-order valence-corrected chi connectivity index (χ4v) is 2.43. The average molecular weight is 302 g/mol. The number of hydrogen-bond donors (Lipinski definition) is 1. The molecule has 1 aliphatic heterocycles. The van der Waals surface area contributed by atoms with Gasteiger partial charge < -0.3 is 15.4 Å². The average Bonchev–Trinajstić information content (AvgIpc) is 2.36. The van der Waals surface area contributed by atoms with Crippen LogP contribution in [0.3, 0.4) is 0 Å². The van der Waals surface area contributed by atoms with E-state index >= 15 is 0 Å². The second-order valence-electron chi connectivity index (χ2n) is 5.27. The van der Waals surface area contributed by atoms with Crippen molar-refractivity contribution in [2.24, 2.45) is 0 Å². The Morgan fingerprint density at radius 1 is 1.29 bits per heavy atom. The Balaban J connectivity index is 2.30. The maximum absolute atomic E-state index is 12.7. The van der Waals surface area contributed by atoms with Gasteiger partial charge in [0.1, 0.15) is 0 Å². The Hall–Kier alpha value is -1.76. The Bertz CT molecular complexity index is 536. The molecule has 0 bridgehead atoms. The van der Waals surface area contributed by atoms with Gasteiger partial charge >= 0.3 is 6.18 Å². The summed E-state index contributed by atoms with van der Waals surface area (Å²) in [6.07, 6.45) is -4.83. The molecule has 0 radical (unpaired) electrons. The van der Waals surface area contributed by atoms with E-state index in [0.29, 0.717) is 13.1 Å². The molecule has 0 unspecified atom stereocenters. The zero-order chi connectivity index (χ0) is 15.8. The van der Waals surface area contributed by atoms with Gasteiger partial charge in [-0.1, -0.05) is 0 Å². The summed E-state index contributed by atoms with van der Waals surface area (Å²) in [4.78, 5) is 13.9. The van der Waals surface area contributed by atoms with Crippen molar-refractivity contribution in [3.63, 3.8) is 0 Å². The fourth-order valence-electron chi connectivity index (χ4n) is 2.43. The molecule has 21 heavy (non-hydrogen) atoms. The SMILES string of the molecule is C[C@@H]1CN(C(=O)c2cc(C(F)(F)F)ccc2N)C[C@H](C)O1. The van der Waals surface area contributed by atoms with E-state index in [1.54, 1.807) is 0 Å². The van der Waals surface area contributed by atoms with Crippen molar-refractivity contribution in [3.8, 4) is 0 Å². The van der Waals surface area contributed by atoms with E-state index in [9.17, 15) is 18.0 Å². The summed E-state index contributed by atoms with van der Waals surface area (Å²) in [6, 6.07) is 2.79. The third-order valence-electron chi connectivity index (χ3n) is 3.32. The van der Waals surface area contributed by atoms with Crippen LogP contribution in [0.15, 0.2) is 18.2 Å². The van der Waals surface area contributed by atoms with Gasteiger partial charge in [-0.3, -0.25) is 4.79 Å². The van der Waals surface area contributed by atoms with Crippen molar-refractivity contribution in [2.75, 3.05) is 18.8 Å². The second-order valence-corrected chi connectivity index (χ2v) is 5.27. The van der Waals surface area contributed by atoms with E-state index in [1.165, 1.54) is 4.90 Å². The zero-order valence-corrected chi connectivity index (χ0v) is 11.8. The van der Waals surface area contributed by atoms with Crippen molar-refractivity contribution < 1.29 is 22.7 Å². The molecule has 0 spiro atoms. The molecule has 4 nitrogen and oxygen atoms in total. The number of rotatable bonds is 1. The molecule has 0 saturated carbocycles. The topological polar surface area (TPSA) is 55.6 Å². The molecule has 2 rings (SSSR count). The highest BCUT2D eigenvalue weighted by atomic mass is 19.4. The van der Waals surface area contributed by atoms with Gasteiger partial charge in [0.2, 0.25) is 0 Å². The number of ether oxygens (including phenoxy) is 1. The molecule has 116 valence electrons. The van der Waals surface area contributed by atoms with Crippen molar-refractivity contribution in [1.82, 2.24) is 4.90 Å². The molecule has 1 aromatic carbocycles. The molecule has 2 N–H and O–H groups in total. The number of nitrogens with two attached hydrogens (primary N) is 1. The van der Waals surface area contributed by atoms with Crippen molar-refractivity contribution >= 4 is 11.6 Å². The minimum Gasteiger partial charge on any atom is -0.398 e. The van der Waals surface area contributed by atoms with Crippen LogP contribution < -0.4 is 5.73 Å². The van der Waals surface area contributed by atoms with Crippen LogP contribution in [-0.2, 0) is 10.9 Å². The highest BCUT2D eigenvalue weighted by molar-refractivity contribution is 5.99. The Morgan fingerprint density at radius 2 is 1.86 bits per heavy atom. The first kappa shape index (κ1) is 15.6. The quantitative estimate of drug-likeness (QED) is 0.811. The Morgan fingerprint density at radius 3 is 2.38 bits per heavy atom. The Kier molecular flexibility index (Phi) is 4.13. The number of benzene rings is 1. The van der Waals surface area contributed by atoms with E-state index in [-0.39, 0.29) is 23.5 Å². The number of nitrogen functional groups attached to an aromatic ring is 1. The van der Waals surface area contributed by atoms with Gasteiger partial charge in [-0.15, -0.1) is 0 Å². The van der Waals surface area contributed by atoms with Gasteiger partial charge in [0.15, 0.2) is 0 Å². The van der Waals surface area contributed by atoms with E-state index in [1.807, 2.05) is 13.8 Å². The predicted octanol–water partition coefficient (Wildman–Crippen LogP) is 2.54. The van der Waals surface area contributed by atoms with Crippen LogP contribution in [-0.4, -0.2) is 36.1 Å². The van der Waals surface area contributed by atoms with Crippen molar-refractivity contribution in [3.05, 3.63) is 29.3 Å². The van der Waals surface area contributed by atoms with Crippen LogP contribution in [0.1, 0.15) is 29.8 Å². The van der Waals surface area contributed by atoms with Crippen LogP contribution in [0, 0.1) is 0 Å². The number of halogens is 3. The monoisotopic (exact) mass is 302 g/mol. The van der Waals surface area contributed by atoms with Gasteiger partial charge in [0.05, 0.1) is 23.3 Å². The molecular weight excluding hydrogens is 285 g/mol. The van der Waals surface area contributed by atoms with Crippen LogP contribution in [0.2, 0.25) is 0 Å². The summed E-state index contributed by atoms with van der Waals surface area (Å²) in [5.74, 6) is -0.499. The summed E-state index contributed by atoms with van der Waals surface area (Å²) in [5.41, 5.74) is 4.71. The number of carbonyl (C=O) groups is 1. The number of amides is 1. The predicted molar refractivity (Wildman–Crippen MR) is 71.8 cm³/mol. The highest BCUT2D eigenvalue weighted by Crippen LogP contribution is 2.31. The number of anilines is 1. The maximum atomic E-state index is 12.7. The van der Waals surface area contributed by atoms with Gasteiger partial charge in [0.25, 0.3) is 5.91 Å². The van der Waals surface area contributed by atoms with Crippen LogP contribution in [0.25, 0.3) is 0 Å². The maximum Gasteiger partial charge on any atom is 0.416 e. The molecule has 0 aliphatic carbocycles. The first-order valence-corrected chi connectivity index (χ1v) is 6.60. The minimum absolute atomic E-state index is 0.0415. The van der Waals surface area contributed by atoms with Crippen molar-refractivity contribution in [1.29, 1.82) is 0 Å². The van der Waals surface area contributed by atoms with E-state index < -0.39 is 17.6 Å². The lowest BCUT2D eigenvalue weighted by atomic mass is 10.1. The molecule has 1 aromatic rings. The standard InChI is InChI=1S/C14H17F3N2O2/c1-8-6-19(7-9(2)21-8)13(20)11-5-10(14(15,16)17)3-4-12(11)18/h3-5,8-9H,6-7,18H2,1-2H3/t8-,9+. The molecule has 7 heteroatoms. The number of hydrogen-bond acceptors (Lipinski definition) is 3. The number of morpholine rings is 1. The van der Waals surface area contributed by atoms with E-state index in [2.05, 4.69) is 0 Å². The molecule has 2 atom stereocenters. The first-order chi connectivity index (χ1) is 9.68.